The zero-order valence-corrected chi connectivity index (χ0v) is 13.7. The molecule has 1 fully saturated rings. The van der Waals surface area contributed by atoms with Crippen molar-refractivity contribution < 1.29 is 4.79 Å². The summed E-state index contributed by atoms with van der Waals surface area (Å²) in [4.78, 5) is 14.1. The molecule has 118 valence electrons. The second kappa shape index (κ2) is 8.25. The zero-order chi connectivity index (χ0) is 14.5. The summed E-state index contributed by atoms with van der Waals surface area (Å²) in [6.07, 6.45) is 3.21. The highest BCUT2D eigenvalue weighted by Crippen LogP contribution is 2.21. The second-order valence-corrected chi connectivity index (χ2v) is 5.74. The summed E-state index contributed by atoms with van der Waals surface area (Å²) in [5.41, 5.74) is 8.91. The highest BCUT2D eigenvalue weighted by molar-refractivity contribution is 5.89. The van der Waals surface area contributed by atoms with Gasteiger partial charge in [0.2, 0.25) is 0 Å². The molecular weight excluding hydrogens is 286 g/mol. The highest BCUT2D eigenvalue weighted by atomic mass is 35.5. The van der Waals surface area contributed by atoms with Crippen LogP contribution in [0.5, 0.6) is 0 Å². The molecule has 2 rings (SSSR count). The number of benzene rings is 1. The molecule has 0 unspecified atom stereocenters. The number of nitrogens with two attached hydrogens (primary N) is 1. The molecule has 0 atom stereocenters. The van der Waals surface area contributed by atoms with Gasteiger partial charge in [-0.1, -0.05) is 6.07 Å². The fraction of sp³-hybridized carbons (Fsp3) is 0.562. The quantitative estimate of drug-likeness (QED) is 0.899. The predicted octanol–water partition coefficient (Wildman–Crippen LogP) is 3.32. The van der Waals surface area contributed by atoms with Crippen LogP contribution >= 0.6 is 12.4 Å². The number of urea groups is 1. The Hall–Kier alpha value is -1.26. The van der Waals surface area contributed by atoms with E-state index in [2.05, 4.69) is 19.2 Å². The second-order valence-electron chi connectivity index (χ2n) is 5.74. The smallest absolute Gasteiger partial charge is 0.321 e. The van der Waals surface area contributed by atoms with Crippen molar-refractivity contribution in [2.24, 2.45) is 11.7 Å². The van der Waals surface area contributed by atoms with Crippen molar-refractivity contribution in [1.29, 1.82) is 0 Å². The number of nitrogens with one attached hydrogen (secondary N) is 1. The van der Waals surface area contributed by atoms with Crippen molar-refractivity contribution >= 4 is 24.1 Å². The van der Waals surface area contributed by atoms with Gasteiger partial charge in [0.25, 0.3) is 0 Å². The molecule has 0 aliphatic carbocycles. The maximum atomic E-state index is 12.2. The minimum atomic E-state index is 0. The lowest BCUT2D eigenvalue weighted by Crippen LogP contribution is -2.41. The van der Waals surface area contributed by atoms with E-state index >= 15 is 0 Å². The number of hydrogen-bond acceptors (Lipinski definition) is 2. The Morgan fingerprint density at radius 2 is 1.95 bits per heavy atom. The molecule has 1 aliphatic heterocycles. The van der Waals surface area contributed by atoms with Crippen LogP contribution in [-0.4, -0.2) is 30.6 Å². The lowest BCUT2D eigenvalue weighted by Gasteiger charge is -2.31. The van der Waals surface area contributed by atoms with Gasteiger partial charge < -0.3 is 16.0 Å². The molecule has 1 aromatic carbocycles. The third-order valence-electron chi connectivity index (χ3n) is 4.23. The molecule has 1 aliphatic rings. The molecule has 5 heteroatoms. The number of anilines is 1. The van der Waals surface area contributed by atoms with Crippen LogP contribution in [0, 0.1) is 19.8 Å². The van der Waals surface area contributed by atoms with E-state index < -0.39 is 0 Å². The highest BCUT2D eigenvalue weighted by Gasteiger charge is 2.22. The Bertz CT molecular complexity index is 471. The van der Waals surface area contributed by atoms with Crippen LogP contribution in [-0.2, 0) is 0 Å². The Morgan fingerprint density at radius 3 is 2.52 bits per heavy atom. The van der Waals surface area contributed by atoms with Crippen LogP contribution in [0.1, 0.15) is 30.4 Å². The summed E-state index contributed by atoms with van der Waals surface area (Å²) in [7, 11) is 0. The third kappa shape index (κ3) is 4.90. The van der Waals surface area contributed by atoms with Crippen molar-refractivity contribution in [3.8, 4) is 0 Å². The molecule has 0 spiro atoms. The average molecular weight is 312 g/mol. The molecule has 1 saturated heterocycles. The van der Waals surface area contributed by atoms with E-state index in [4.69, 9.17) is 5.73 Å². The van der Waals surface area contributed by atoms with Crippen LogP contribution in [0.2, 0.25) is 0 Å². The molecule has 1 heterocycles. The van der Waals surface area contributed by atoms with E-state index in [-0.39, 0.29) is 18.4 Å². The number of aryl methyl sites for hydroxylation is 2. The number of likely N-dealkylation sites (tertiary alicyclic amines) is 1. The van der Waals surface area contributed by atoms with Gasteiger partial charge in [0, 0.05) is 18.8 Å². The molecule has 4 nitrogen and oxygen atoms in total. The SMILES string of the molecule is Cc1ccc(NC(=O)N2CCC(CCN)CC2)cc1C.Cl. The molecule has 0 aromatic heterocycles. The fourth-order valence-electron chi connectivity index (χ4n) is 2.68. The first kappa shape index (κ1) is 17.8. The summed E-state index contributed by atoms with van der Waals surface area (Å²) in [6.45, 7) is 6.55. The van der Waals surface area contributed by atoms with Gasteiger partial charge in [0.1, 0.15) is 0 Å². The summed E-state index contributed by atoms with van der Waals surface area (Å²) in [5, 5.41) is 2.99. The third-order valence-corrected chi connectivity index (χ3v) is 4.23. The van der Waals surface area contributed by atoms with Gasteiger partial charge >= 0.3 is 6.03 Å². The van der Waals surface area contributed by atoms with E-state index in [0.717, 1.165) is 44.6 Å². The van der Waals surface area contributed by atoms with E-state index in [1.54, 1.807) is 0 Å². The lowest BCUT2D eigenvalue weighted by atomic mass is 9.94. The predicted molar refractivity (Wildman–Crippen MR) is 90.2 cm³/mol. The molecule has 21 heavy (non-hydrogen) atoms. The Balaban J connectivity index is 0.00000220. The van der Waals surface area contributed by atoms with E-state index in [0.29, 0.717) is 5.92 Å². The van der Waals surface area contributed by atoms with Crippen molar-refractivity contribution in [2.45, 2.75) is 33.1 Å². The first-order chi connectivity index (χ1) is 9.60. The number of carbonyl (C=O) groups is 1. The van der Waals surface area contributed by atoms with E-state index in [9.17, 15) is 4.79 Å². The van der Waals surface area contributed by atoms with E-state index in [1.165, 1.54) is 11.1 Å². The summed E-state index contributed by atoms with van der Waals surface area (Å²) in [6, 6.07) is 6.04. The van der Waals surface area contributed by atoms with E-state index in [1.807, 2.05) is 23.1 Å². The molecule has 3 N–H and O–H groups in total. The van der Waals surface area contributed by atoms with Crippen molar-refractivity contribution in [1.82, 2.24) is 4.90 Å². The van der Waals surface area contributed by atoms with Crippen LogP contribution < -0.4 is 11.1 Å². The monoisotopic (exact) mass is 311 g/mol. The van der Waals surface area contributed by atoms with Crippen LogP contribution in [0.3, 0.4) is 0 Å². The van der Waals surface area contributed by atoms with Crippen LogP contribution in [0.4, 0.5) is 10.5 Å². The Kier molecular flexibility index (Phi) is 6.99. The standard InChI is InChI=1S/C16H25N3O.ClH/c1-12-3-4-15(11-13(12)2)18-16(20)19-9-6-14(5-8-17)7-10-19;/h3-4,11,14H,5-10,17H2,1-2H3,(H,18,20);1H. The number of nitrogens with zero attached hydrogens (tertiary/aromatic N) is 1. The van der Waals surface area contributed by atoms with Crippen LogP contribution in [0.15, 0.2) is 18.2 Å². The number of amides is 2. The van der Waals surface area contributed by atoms with Gasteiger partial charge in [-0.05, 0) is 68.8 Å². The fourth-order valence-corrected chi connectivity index (χ4v) is 2.68. The first-order valence-corrected chi connectivity index (χ1v) is 7.43. The summed E-state index contributed by atoms with van der Waals surface area (Å²) in [5.74, 6) is 0.686. The molecule has 1 aromatic rings. The van der Waals surface area contributed by atoms with Crippen molar-refractivity contribution in [2.75, 3.05) is 25.0 Å². The first-order valence-electron chi connectivity index (χ1n) is 7.43. The number of halogens is 1. The van der Waals surface area contributed by atoms with Gasteiger partial charge in [0.05, 0.1) is 0 Å². The van der Waals surface area contributed by atoms with Crippen molar-refractivity contribution in [3.05, 3.63) is 29.3 Å². The number of piperidine rings is 1. The molecule has 0 saturated carbocycles. The maximum absolute atomic E-state index is 12.2. The largest absolute Gasteiger partial charge is 0.330 e. The Labute approximate surface area is 133 Å². The maximum Gasteiger partial charge on any atom is 0.321 e. The normalized spacial score (nSPS) is 15.5. The number of hydrogen-bond donors (Lipinski definition) is 2. The molecule has 2 amide bonds. The summed E-state index contributed by atoms with van der Waals surface area (Å²) < 4.78 is 0. The number of carbonyl (C=O) groups excluding carboxylic acids is 1. The van der Waals surface area contributed by atoms with Gasteiger partial charge in [-0.15, -0.1) is 12.4 Å². The Morgan fingerprint density at radius 1 is 1.29 bits per heavy atom. The van der Waals surface area contributed by atoms with Gasteiger partial charge in [-0.3, -0.25) is 0 Å². The minimum absolute atomic E-state index is 0. The van der Waals surface area contributed by atoms with Gasteiger partial charge in [-0.25, -0.2) is 4.79 Å². The van der Waals surface area contributed by atoms with Gasteiger partial charge in [-0.2, -0.15) is 0 Å². The topological polar surface area (TPSA) is 58.4 Å². The molecular formula is C16H26ClN3O. The number of rotatable bonds is 3. The lowest BCUT2D eigenvalue weighted by molar-refractivity contribution is 0.180. The van der Waals surface area contributed by atoms with Crippen molar-refractivity contribution in [3.63, 3.8) is 0 Å². The zero-order valence-electron chi connectivity index (χ0n) is 12.9. The van der Waals surface area contributed by atoms with Gasteiger partial charge in [0.15, 0.2) is 0 Å². The molecule has 0 radical (unpaired) electrons. The average Bonchev–Trinajstić information content (AvgIpc) is 2.44. The minimum Gasteiger partial charge on any atom is -0.330 e. The summed E-state index contributed by atoms with van der Waals surface area (Å²) >= 11 is 0. The van der Waals surface area contributed by atoms with Crippen LogP contribution in [0.25, 0.3) is 0 Å². The molecule has 0 bridgehead atoms.